The van der Waals surface area contributed by atoms with Crippen molar-refractivity contribution in [3.63, 3.8) is 0 Å². The monoisotopic (exact) mass is 1420 g/mol. The molecule has 0 aliphatic rings. The Kier molecular flexibility index (Phi) is 24.6. The highest BCUT2D eigenvalue weighted by molar-refractivity contribution is 7.79. The molecule has 0 amide bonds. The molecule has 0 bridgehead atoms. The van der Waals surface area contributed by atoms with Crippen molar-refractivity contribution in [3.05, 3.63) is 374 Å². The number of hydrogen-bond donors (Lipinski definition) is 0. The standard InChI is InChI=1S/C44H52N2.C38H40N2.C20H19P/c1-29-13-17-37(18-14-29)45(41-31(3)25-35(26-32(41)4)43(7,8)9)39-21-23-40(24-22-39)46(38-19-15-30(2)16-20-38)42-33(5)27-36(28-34(42)6)44(10,11)12;1-7-31-25-38(40(35-21-13-29(5)14-22-35)36-23-15-30(6)16-24-36)32(8-2)26-37(31)39(33-17-9-27(3)10-18-33)34-19-11-28(4)12-20-34;1-16-8-12-19(13-9-16)21(18-6-4-3-5-7-18)20-14-10-17(2)11-15-20/h13-28H,1-12H3;9-26H,7-8H2,1-6H3;3-15H,1-2H3. The van der Waals surface area contributed by atoms with Crippen molar-refractivity contribution in [2.24, 2.45) is 0 Å². The van der Waals surface area contributed by atoms with Gasteiger partial charge in [0.15, 0.2) is 0 Å². The SMILES string of the molecule is CCc1cc(N(c2ccc(C)cc2)c2ccc(C)cc2)c(CC)cc1N(c1ccc(C)cc1)c1ccc(C)cc1.Cc1ccc(N(c2ccc(N(c3ccc(C)cc3)c3c(C)cc(C(C)(C)C)cc3C)cc2)c2c(C)cc(C(C)(C)C)cc2C)cc1.Cc1ccc(P(c2ccccc2)c2ccc(C)cc2)cc1. The molecule has 4 nitrogen and oxygen atoms in total. The van der Waals surface area contributed by atoms with Crippen LogP contribution < -0.4 is 35.5 Å². The number of rotatable bonds is 17. The number of nitrogens with zero attached hydrogens (tertiary/aromatic N) is 4. The van der Waals surface area contributed by atoms with Crippen LogP contribution in [0.3, 0.4) is 0 Å². The fraction of sp³-hybridized carbons (Fsp3) is 0.235. The number of hydrogen-bond acceptors (Lipinski definition) is 4. The molecule has 13 aromatic rings. The normalized spacial score (nSPS) is 11.3. The van der Waals surface area contributed by atoms with Gasteiger partial charge in [-0.1, -0.05) is 276 Å². The van der Waals surface area contributed by atoms with E-state index in [4.69, 9.17) is 0 Å². The molecule has 0 aliphatic heterocycles. The van der Waals surface area contributed by atoms with Gasteiger partial charge in [-0.15, -0.1) is 0 Å². The second-order valence-electron chi connectivity index (χ2n) is 31.4. The maximum atomic E-state index is 2.42. The first kappa shape index (κ1) is 77.6. The van der Waals surface area contributed by atoms with Gasteiger partial charge in [-0.05, 0) is 284 Å². The van der Waals surface area contributed by atoms with Gasteiger partial charge in [-0.3, -0.25) is 0 Å². The van der Waals surface area contributed by atoms with E-state index in [0.29, 0.717) is 0 Å². The molecular formula is C102H111N4P. The fourth-order valence-corrected chi connectivity index (χ4v) is 16.4. The van der Waals surface area contributed by atoms with Gasteiger partial charge in [0.2, 0.25) is 0 Å². The second kappa shape index (κ2) is 33.9. The van der Waals surface area contributed by atoms with Gasteiger partial charge in [0.25, 0.3) is 0 Å². The van der Waals surface area contributed by atoms with E-state index >= 15 is 0 Å². The molecule has 5 heteroatoms. The summed E-state index contributed by atoms with van der Waals surface area (Å²) in [6, 6.07) is 105. The molecule has 0 spiro atoms. The Hall–Kier alpha value is -10.5. The van der Waals surface area contributed by atoms with Crippen molar-refractivity contribution in [1.29, 1.82) is 0 Å². The van der Waals surface area contributed by atoms with Gasteiger partial charge >= 0.3 is 0 Å². The van der Waals surface area contributed by atoms with Crippen LogP contribution in [-0.4, -0.2) is 0 Å². The van der Waals surface area contributed by atoms with Gasteiger partial charge in [0, 0.05) is 56.9 Å². The van der Waals surface area contributed by atoms with Crippen LogP contribution in [0.2, 0.25) is 0 Å². The van der Waals surface area contributed by atoms with Crippen molar-refractivity contribution < 1.29 is 0 Å². The quantitative estimate of drug-likeness (QED) is 0.0843. The molecule has 107 heavy (non-hydrogen) atoms. The van der Waals surface area contributed by atoms with Gasteiger partial charge in [0.05, 0.1) is 11.4 Å². The predicted molar refractivity (Wildman–Crippen MR) is 470 cm³/mol. The first-order valence-corrected chi connectivity index (χ1v) is 39.6. The van der Waals surface area contributed by atoms with Crippen LogP contribution in [0.1, 0.15) is 144 Å². The van der Waals surface area contributed by atoms with E-state index in [1.54, 1.807) is 0 Å². The lowest BCUT2D eigenvalue weighted by Gasteiger charge is -2.32. The summed E-state index contributed by atoms with van der Waals surface area (Å²) >= 11 is 0. The summed E-state index contributed by atoms with van der Waals surface area (Å²) in [5.41, 5.74) is 35.1. The third-order valence-electron chi connectivity index (χ3n) is 20.4. The van der Waals surface area contributed by atoms with Crippen molar-refractivity contribution in [2.45, 2.75) is 162 Å². The largest absolute Gasteiger partial charge is 0.310 e. The smallest absolute Gasteiger partial charge is 0.0520 e. The Morgan fingerprint density at radius 3 is 0.645 bits per heavy atom. The van der Waals surface area contributed by atoms with Crippen molar-refractivity contribution in [3.8, 4) is 0 Å². The average molecular weight is 1420 g/mol. The third-order valence-corrected chi connectivity index (χ3v) is 22.8. The maximum absolute atomic E-state index is 2.42. The topological polar surface area (TPSA) is 13.0 Å². The lowest BCUT2D eigenvalue weighted by molar-refractivity contribution is 0.589. The van der Waals surface area contributed by atoms with E-state index in [9.17, 15) is 0 Å². The van der Waals surface area contributed by atoms with E-state index in [-0.39, 0.29) is 10.8 Å². The van der Waals surface area contributed by atoms with Crippen LogP contribution in [0, 0.1) is 83.1 Å². The Balaban J connectivity index is 0.000000170. The zero-order valence-corrected chi connectivity index (χ0v) is 68.2. The van der Waals surface area contributed by atoms with Crippen LogP contribution in [0.25, 0.3) is 0 Å². The highest BCUT2D eigenvalue weighted by Crippen LogP contribution is 2.47. The fourth-order valence-electron chi connectivity index (χ4n) is 14.1. The van der Waals surface area contributed by atoms with Gasteiger partial charge in [-0.2, -0.15) is 0 Å². The summed E-state index contributed by atoms with van der Waals surface area (Å²) in [5, 5.41) is 4.22. The van der Waals surface area contributed by atoms with E-state index in [0.717, 1.165) is 35.6 Å². The average Bonchev–Trinajstić information content (AvgIpc) is 0.768. The number of aryl methyl sites for hydroxylation is 14. The summed E-state index contributed by atoms with van der Waals surface area (Å²) in [6.45, 7) is 44.4. The van der Waals surface area contributed by atoms with Crippen molar-refractivity contribution >= 4 is 92.1 Å². The molecule has 13 rings (SSSR count). The van der Waals surface area contributed by atoms with Crippen LogP contribution in [0.4, 0.5) is 68.2 Å². The zero-order chi connectivity index (χ0) is 76.4. The lowest BCUT2D eigenvalue weighted by atomic mass is 9.84. The van der Waals surface area contributed by atoms with E-state index < -0.39 is 7.92 Å². The molecule has 0 aromatic heterocycles. The highest BCUT2D eigenvalue weighted by Gasteiger charge is 2.27. The minimum atomic E-state index is -0.471. The molecular weight excluding hydrogens is 1310 g/mol. The molecule has 0 saturated carbocycles. The third kappa shape index (κ3) is 18.7. The summed E-state index contributed by atoms with van der Waals surface area (Å²) in [4.78, 5) is 9.68. The van der Waals surface area contributed by atoms with Gasteiger partial charge in [-0.25, -0.2) is 0 Å². The van der Waals surface area contributed by atoms with Crippen LogP contribution in [-0.2, 0) is 23.7 Å². The maximum Gasteiger partial charge on any atom is 0.0520 e. The molecule has 0 N–H and O–H groups in total. The Morgan fingerprint density at radius 2 is 0.430 bits per heavy atom. The lowest BCUT2D eigenvalue weighted by Crippen LogP contribution is -2.20. The predicted octanol–water partition coefficient (Wildman–Crippen LogP) is 28.1. The van der Waals surface area contributed by atoms with E-state index in [1.165, 1.54) is 150 Å². The van der Waals surface area contributed by atoms with E-state index in [1.807, 2.05) is 0 Å². The molecule has 0 heterocycles. The van der Waals surface area contributed by atoms with Crippen LogP contribution in [0.15, 0.2) is 285 Å². The van der Waals surface area contributed by atoms with Gasteiger partial charge in [0.1, 0.15) is 0 Å². The minimum absolute atomic E-state index is 0.0885. The summed E-state index contributed by atoms with van der Waals surface area (Å²) in [7, 11) is -0.471. The molecule has 544 valence electrons. The molecule has 0 radical (unpaired) electrons. The first-order valence-electron chi connectivity index (χ1n) is 38.2. The molecule has 0 saturated heterocycles. The molecule has 0 atom stereocenters. The Morgan fingerprint density at radius 1 is 0.234 bits per heavy atom. The summed E-state index contributed by atoms with van der Waals surface area (Å²) in [6.07, 6.45) is 1.85. The Bertz CT molecular complexity index is 4640. The summed E-state index contributed by atoms with van der Waals surface area (Å²) in [5.74, 6) is 0. The molecule has 13 aromatic carbocycles. The van der Waals surface area contributed by atoms with Crippen molar-refractivity contribution in [2.75, 3.05) is 19.6 Å². The number of benzene rings is 13. The Labute approximate surface area is 643 Å². The van der Waals surface area contributed by atoms with Crippen molar-refractivity contribution in [1.82, 2.24) is 0 Å². The highest BCUT2D eigenvalue weighted by atomic mass is 31.1. The molecule has 0 unspecified atom stereocenters. The summed E-state index contributed by atoms with van der Waals surface area (Å²) < 4.78 is 0. The van der Waals surface area contributed by atoms with Crippen LogP contribution >= 0.6 is 7.92 Å². The number of anilines is 12. The zero-order valence-electron chi connectivity index (χ0n) is 67.3. The first-order chi connectivity index (χ1) is 51.1. The molecule has 0 fully saturated rings. The van der Waals surface area contributed by atoms with Gasteiger partial charge < -0.3 is 19.6 Å². The second-order valence-corrected chi connectivity index (χ2v) is 33.7. The van der Waals surface area contributed by atoms with E-state index in [2.05, 4.69) is 443 Å². The minimum Gasteiger partial charge on any atom is -0.310 e. The molecule has 0 aliphatic carbocycles. The van der Waals surface area contributed by atoms with Crippen LogP contribution in [0.5, 0.6) is 0 Å².